The van der Waals surface area contributed by atoms with Gasteiger partial charge in [-0.2, -0.15) is 0 Å². The Morgan fingerprint density at radius 2 is 1.50 bits per heavy atom. The van der Waals surface area contributed by atoms with Gasteiger partial charge in [0.15, 0.2) is 0 Å². The fourth-order valence-corrected chi connectivity index (χ4v) is 0. The molecule has 0 aliphatic carbocycles. The summed E-state index contributed by atoms with van der Waals surface area (Å²) in [6.45, 7) is 1.31. The second-order valence-electron chi connectivity index (χ2n) is 1.25. The van der Waals surface area contributed by atoms with Crippen LogP contribution in [-0.4, -0.2) is 32.9 Å². The van der Waals surface area contributed by atoms with E-state index in [9.17, 15) is 13.0 Å². The summed E-state index contributed by atoms with van der Waals surface area (Å²) in [7, 11) is -0.662. The van der Waals surface area contributed by atoms with Crippen LogP contribution in [0.15, 0.2) is 0 Å². The number of rotatable bonds is 1. The van der Waals surface area contributed by atoms with Gasteiger partial charge in [0.2, 0.25) is 0 Å². The predicted octanol–water partition coefficient (Wildman–Crippen LogP) is -3.18. The standard InChI is InChI=1S/C2H6O3S.C2H6O.Na/c1-2-6(3,4)5;1-3-2;/h2H2,1H3,(H,3,4,5);1-2H3;/q;;+1/p-1. The molecule has 58 valence electrons. The summed E-state index contributed by atoms with van der Waals surface area (Å²) in [5, 5.41) is 0. The van der Waals surface area contributed by atoms with Crippen molar-refractivity contribution in [1.29, 1.82) is 0 Å². The second-order valence-corrected chi connectivity index (χ2v) is 2.95. The van der Waals surface area contributed by atoms with Crippen LogP contribution in [0.1, 0.15) is 6.92 Å². The second kappa shape index (κ2) is 9.87. The van der Waals surface area contributed by atoms with Crippen molar-refractivity contribution in [3.63, 3.8) is 0 Å². The molecule has 0 saturated carbocycles. The predicted molar refractivity (Wildman–Crippen MR) is 33.2 cm³/mol. The minimum Gasteiger partial charge on any atom is -0.748 e. The van der Waals surface area contributed by atoms with Crippen LogP contribution in [0.2, 0.25) is 0 Å². The largest absolute Gasteiger partial charge is 1.00 e. The number of hydrogen-bond acceptors (Lipinski definition) is 4. The number of methoxy groups -OCH3 is 1. The Hall–Kier alpha value is 0.870. The van der Waals surface area contributed by atoms with Gasteiger partial charge in [0.1, 0.15) is 0 Å². The van der Waals surface area contributed by atoms with E-state index in [1.807, 2.05) is 0 Å². The van der Waals surface area contributed by atoms with E-state index in [1.54, 1.807) is 14.2 Å². The Balaban J connectivity index is -0.000000107. The first-order valence-corrected chi connectivity index (χ1v) is 3.89. The van der Waals surface area contributed by atoms with Crippen molar-refractivity contribution < 1.29 is 47.3 Å². The van der Waals surface area contributed by atoms with Crippen LogP contribution in [0.3, 0.4) is 0 Å². The van der Waals surface area contributed by atoms with Gasteiger partial charge < -0.3 is 9.29 Å². The van der Waals surface area contributed by atoms with Gasteiger partial charge in [-0.3, -0.25) is 0 Å². The first-order chi connectivity index (χ1) is 3.97. The molecule has 0 aliphatic heterocycles. The van der Waals surface area contributed by atoms with Gasteiger partial charge >= 0.3 is 29.6 Å². The van der Waals surface area contributed by atoms with Gasteiger partial charge in [0.05, 0.1) is 10.1 Å². The minimum atomic E-state index is -3.91. The van der Waals surface area contributed by atoms with Crippen LogP contribution in [-0.2, 0) is 14.9 Å². The third-order valence-electron chi connectivity index (χ3n) is 0.354. The smallest absolute Gasteiger partial charge is 0.748 e. The molecule has 0 unspecified atom stereocenters. The van der Waals surface area contributed by atoms with Crippen LogP contribution in [0.4, 0.5) is 0 Å². The molecule has 4 nitrogen and oxygen atoms in total. The molecular weight excluding hydrogens is 167 g/mol. The van der Waals surface area contributed by atoms with Crippen LogP contribution >= 0.6 is 0 Å². The SMILES string of the molecule is CCS(=O)(=O)[O-].COC.[Na+]. The summed E-state index contributed by atoms with van der Waals surface area (Å²) >= 11 is 0. The molecule has 0 N–H and O–H groups in total. The van der Waals surface area contributed by atoms with Gasteiger partial charge in [0, 0.05) is 20.0 Å². The molecule has 0 aromatic heterocycles. The maximum absolute atomic E-state index is 9.44. The summed E-state index contributed by atoms with van der Waals surface area (Å²) < 4.78 is 32.6. The van der Waals surface area contributed by atoms with Crippen molar-refractivity contribution in [3.05, 3.63) is 0 Å². The summed E-state index contributed by atoms with van der Waals surface area (Å²) in [6, 6.07) is 0. The normalized spacial score (nSPS) is 8.80. The van der Waals surface area contributed by atoms with Crippen molar-refractivity contribution in [2.45, 2.75) is 6.92 Å². The fourth-order valence-electron chi connectivity index (χ4n) is 0. The third-order valence-corrected chi connectivity index (χ3v) is 1.06. The zero-order valence-corrected chi connectivity index (χ0v) is 9.56. The van der Waals surface area contributed by atoms with Gasteiger partial charge in [-0.25, -0.2) is 8.42 Å². The number of hydrogen-bond donors (Lipinski definition) is 0. The quantitative estimate of drug-likeness (QED) is 0.313. The molecule has 0 aromatic rings. The molecule has 0 fully saturated rings. The van der Waals surface area contributed by atoms with E-state index in [2.05, 4.69) is 4.74 Å². The van der Waals surface area contributed by atoms with E-state index >= 15 is 0 Å². The van der Waals surface area contributed by atoms with E-state index in [-0.39, 0.29) is 35.3 Å². The van der Waals surface area contributed by atoms with Crippen LogP contribution in [0, 0.1) is 0 Å². The Kier molecular flexibility index (Phi) is 16.9. The summed E-state index contributed by atoms with van der Waals surface area (Å²) in [4.78, 5) is 0. The molecule has 0 atom stereocenters. The average Bonchev–Trinajstić information content (AvgIpc) is 1.67. The minimum absolute atomic E-state index is 0. The maximum Gasteiger partial charge on any atom is 1.00 e. The van der Waals surface area contributed by atoms with Crippen molar-refractivity contribution >= 4 is 10.1 Å². The van der Waals surface area contributed by atoms with Crippen molar-refractivity contribution in [3.8, 4) is 0 Å². The van der Waals surface area contributed by atoms with Crippen LogP contribution in [0.5, 0.6) is 0 Å². The molecule has 0 spiro atoms. The molecule has 0 heterocycles. The van der Waals surface area contributed by atoms with Crippen LogP contribution < -0.4 is 29.6 Å². The van der Waals surface area contributed by atoms with Gasteiger partial charge in [-0.15, -0.1) is 0 Å². The van der Waals surface area contributed by atoms with Crippen molar-refractivity contribution in [2.24, 2.45) is 0 Å². The molecule has 10 heavy (non-hydrogen) atoms. The van der Waals surface area contributed by atoms with Gasteiger partial charge in [-0.05, 0) is 0 Å². The van der Waals surface area contributed by atoms with Gasteiger partial charge in [-0.1, -0.05) is 6.92 Å². The molecule has 0 radical (unpaired) electrons. The van der Waals surface area contributed by atoms with Crippen molar-refractivity contribution in [2.75, 3.05) is 20.0 Å². The Morgan fingerprint density at radius 1 is 1.40 bits per heavy atom. The zero-order valence-electron chi connectivity index (χ0n) is 6.75. The molecule has 6 heteroatoms. The fraction of sp³-hybridized carbons (Fsp3) is 1.00. The first kappa shape index (κ1) is 17.1. The first-order valence-electron chi connectivity index (χ1n) is 2.31. The van der Waals surface area contributed by atoms with Crippen LogP contribution in [0.25, 0.3) is 0 Å². The molecule has 0 rings (SSSR count). The van der Waals surface area contributed by atoms with E-state index in [0.29, 0.717) is 0 Å². The molecular formula is C4H11NaO4S. The maximum atomic E-state index is 9.44. The van der Waals surface area contributed by atoms with Crippen molar-refractivity contribution in [1.82, 2.24) is 0 Å². The molecule has 0 saturated heterocycles. The summed E-state index contributed by atoms with van der Waals surface area (Å²) in [5.74, 6) is -0.312. The average molecular weight is 178 g/mol. The Labute approximate surface area is 84.0 Å². The Morgan fingerprint density at radius 3 is 1.50 bits per heavy atom. The monoisotopic (exact) mass is 178 g/mol. The third kappa shape index (κ3) is 36.7. The van der Waals surface area contributed by atoms with E-state index in [4.69, 9.17) is 0 Å². The molecule has 0 aromatic carbocycles. The Bertz CT molecular complexity index is 130. The van der Waals surface area contributed by atoms with E-state index < -0.39 is 10.1 Å². The number of ether oxygens (including phenoxy) is 1. The van der Waals surface area contributed by atoms with Gasteiger partial charge in [0.25, 0.3) is 0 Å². The molecule has 0 bridgehead atoms. The summed E-state index contributed by atoms with van der Waals surface area (Å²) in [6.07, 6.45) is 0. The molecule has 0 amide bonds. The zero-order chi connectivity index (χ0) is 7.91. The molecule has 0 aliphatic rings. The summed E-state index contributed by atoms with van der Waals surface area (Å²) in [5.41, 5.74) is 0. The topological polar surface area (TPSA) is 66.4 Å². The van der Waals surface area contributed by atoms with E-state index in [0.717, 1.165) is 0 Å². The van der Waals surface area contributed by atoms with E-state index in [1.165, 1.54) is 6.92 Å².